The Labute approximate surface area is 259 Å². The Morgan fingerprint density at radius 2 is 1.68 bits per heavy atom. The number of ether oxygens (including phenoxy) is 1. The summed E-state index contributed by atoms with van der Waals surface area (Å²) in [7, 11) is 0. The summed E-state index contributed by atoms with van der Waals surface area (Å²) in [5, 5.41) is 11.1. The quantitative estimate of drug-likeness (QED) is 0.293. The van der Waals surface area contributed by atoms with Crippen molar-refractivity contribution in [2.75, 3.05) is 23.3 Å². The third kappa shape index (κ3) is 7.12. The third-order valence-electron chi connectivity index (χ3n) is 6.86. The molecule has 4 aromatic rings. The fourth-order valence-corrected chi connectivity index (χ4v) is 4.98. The molecule has 44 heavy (non-hydrogen) atoms. The van der Waals surface area contributed by atoms with Crippen LogP contribution in [-0.4, -0.2) is 68.3 Å². The number of halogens is 1. The summed E-state index contributed by atoms with van der Waals surface area (Å²) >= 11 is 6.27. The van der Waals surface area contributed by atoms with E-state index in [1.165, 1.54) is 20.7 Å². The lowest BCUT2D eigenvalue weighted by Crippen LogP contribution is -2.60. The number of piperazine rings is 1. The minimum absolute atomic E-state index is 0.184. The summed E-state index contributed by atoms with van der Waals surface area (Å²) < 4.78 is 6.89. The second-order valence-electron chi connectivity index (χ2n) is 11.3. The highest BCUT2D eigenvalue weighted by Crippen LogP contribution is 2.30. The van der Waals surface area contributed by atoms with E-state index in [9.17, 15) is 19.2 Å². The number of nitrogens with one attached hydrogen (secondary N) is 1. The van der Waals surface area contributed by atoms with E-state index in [2.05, 4.69) is 15.6 Å². The van der Waals surface area contributed by atoms with Gasteiger partial charge in [0.25, 0.3) is 0 Å². The molecule has 1 saturated heterocycles. The van der Waals surface area contributed by atoms with Crippen molar-refractivity contribution < 1.29 is 23.9 Å². The van der Waals surface area contributed by atoms with Gasteiger partial charge in [0.2, 0.25) is 17.7 Å². The fourth-order valence-electron chi connectivity index (χ4n) is 4.81. The van der Waals surface area contributed by atoms with Crippen molar-refractivity contribution in [1.29, 1.82) is 0 Å². The molecular formula is C32H31ClN6O5. The number of esters is 1. The Kier molecular flexibility index (Phi) is 8.77. The Morgan fingerprint density at radius 3 is 2.34 bits per heavy atom. The number of benzene rings is 3. The molecule has 0 saturated carbocycles. The molecule has 1 aromatic heterocycles. The Bertz CT molecular complexity index is 1670. The lowest BCUT2D eigenvalue weighted by Gasteiger charge is -2.38. The molecule has 3 aromatic carbocycles. The maximum Gasteiger partial charge on any atom is 0.338 e. The minimum atomic E-state index is -0.990. The van der Waals surface area contributed by atoms with Gasteiger partial charge in [0.1, 0.15) is 24.7 Å². The van der Waals surface area contributed by atoms with E-state index < -0.39 is 29.4 Å². The molecule has 0 spiro atoms. The van der Waals surface area contributed by atoms with Gasteiger partial charge in [-0.05, 0) is 68.8 Å². The number of amides is 3. The summed E-state index contributed by atoms with van der Waals surface area (Å²) in [6.45, 7) is 4.71. The molecule has 0 aliphatic carbocycles. The molecule has 11 nitrogen and oxygen atoms in total. The number of anilines is 2. The van der Waals surface area contributed by atoms with Gasteiger partial charge in [-0.15, -0.1) is 5.10 Å². The Morgan fingerprint density at radius 1 is 0.955 bits per heavy atom. The van der Waals surface area contributed by atoms with Crippen molar-refractivity contribution in [2.24, 2.45) is 0 Å². The van der Waals surface area contributed by atoms with Crippen molar-refractivity contribution in [3.8, 4) is 5.69 Å². The number of hydrogen-bond donors (Lipinski definition) is 1. The predicted molar refractivity (Wildman–Crippen MR) is 165 cm³/mol. The minimum Gasteiger partial charge on any atom is -0.456 e. The second kappa shape index (κ2) is 12.7. The van der Waals surface area contributed by atoms with Crippen LogP contribution in [0.15, 0.2) is 85.2 Å². The predicted octanol–water partition coefficient (Wildman–Crippen LogP) is 4.30. The fraction of sp³-hybridized carbons (Fsp3) is 0.250. The summed E-state index contributed by atoms with van der Waals surface area (Å²) in [6, 6.07) is 19.5. The van der Waals surface area contributed by atoms with Gasteiger partial charge in [-0.1, -0.05) is 47.1 Å². The first kappa shape index (κ1) is 30.4. The molecule has 3 amide bonds. The van der Waals surface area contributed by atoms with E-state index in [0.29, 0.717) is 27.6 Å². The first-order valence-electron chi connectivity index (χ1n) is 13.9. The molecular weight excluding hydrogens is 584 g/mol. The number of nitrogens with zero attached hydrogens (tertiary/aromatic N) is 5. The van der Waals surface area contributed by atoms with Crippen LogP contribution in [0.25, 0.3) is 5.69 Å². The molecule has 1 unspecified atom stereocenters. The van der Waals surface area contributed by atoms with E-state index in [4.69, 9.17) is 16.3 Å². The largest absolute Gasteiger partial charge is 0.456 e. The molecule has 0 radical (unpaired) electrons. The zero-order valence-corrected chi connectivity index (χ0v) is 25.2. The van der Waals surface area contributed by atoms with E-state index in [1.54, 1.807) is 69.4 Å². The van der Waals surface area contributed by atoms with Gasteiger partial charge < -0.3 is 15.0 Å². The smallest absolute Gasteiger partial charge is 0.338 e. The summed E-state index contributed by atoms with van der Waals surface area (Å²) in [6.07, 6.45) is 3.31. The number of hydrogen-bond acceptors (Lipinski definition) is 7. The van der Waals surface area contributed by atoms with Crippen LogP contribution in [0.4, 0.5) is 11.4 Å². The number of aromatic nitrogens is 3. The van der Waals surface area contributed by atoms with E-state index >= 15 is 0 Å². The van der Waals surface area contributed by atoms with Crippen LogP contribution in [-0.2, 0) is 25.5 Å². The van der Waals surface area contributed by atoms with Gasteiger partial charge in [-0.2, -0.15) is 0 Å². The maximum atomic E-state index is 13.7. The second-order valence-corrected chi connectivity index (χ2v) is 11.7. The molecule has 5 rings (SSSR count). The standard InChI is InChI=1S/C32H31ClN6O5/c1-32(2,3)44-31(43)22-9-12-24(13-10-22)35-30(42)27(17-21-7-5-4-6-8-21)38-20-28(40)37(19-29(38)41)26-18-23(33)11-14-25(26)39-16-15-34-36-39/h4-16,18,27H,17,19-20H2,1-3H3,(H,35,42). The highest BCUT2D eigenvalue weighted by atomic mass is 35.5. The van der Waals surface area contributed by atoms with Crippen LogP contribution in [0.1, 0.15) is 36.7 Å². The Hall–Kier alpha value is -5.03. The van der Waals surface area contributed by atoms with Gasteiger partial charge in [0, 0.05) is 17.1 Å². The van der Waals surface area contributed by atoms with E-state index in [1.807, 2.05) is 30.3 Å². The molecule has 1 fully saturated rings. The van der Waals surface area contributed by atoms with Crippen molar-refractivity contribution in [1.82, 2.24) is 19.9 Å². The topological polar surface area (TPSA) is 127 Å². The van der Waals surface area contributed by atoms with Crippen LogP contribution >= 0.6 is 11.6 Å². The van der Waals surface area contributed by atoms with E-state index in [0.717, 1.165) is 5.56 Å². The summed E-state index contributed by atoms with van der Waals surface area (Å²) in [4.78, 5) is 56.0. The SMILES string of the molecule is CC(C)(C)OC(=O)c1ccc(NC(=O)C(Cc2ccccc2)N2CC(=O)N(c3cc(Cl)ccc3-n3ccnn3)CC2=O)cc1. The highest BCUT2D eigenvalue weighted by Gasteiger charge is 2.39. The van der Waals surface area contributed by atoms with Crippen LogP contribution < -0.4 is 10.2 Å². The lowest BCUT2D eigenvalue weighted by atomic mass is 10.0. The number of rotatable bonds is 8. The van der Waals surface area contributed by atoms with Gasteiger partial charge in [-0.3, -0.25) is 19.3 Å². The third-order valence-corrected chi connectivity index (χ3v) is 7.09. The molecule has 1 aliphatic rings. The van der Waals surface area contributed by atoms with Crippen LogP contribution in [0.5, 0.6) is 0 Å². The highest BCUT2D eigenvalue weighted by molar-refractivity contribution is 6.31. The molecule has 226 valence electrons. The van der Waals surface area contributed by atoms with Crippen molar-refractivity contribution >= 4 is 46.7 Å². The average molecular weight is 615 g/mol. The zero-order chi connectivity index (χ0) is 31.4. The van der Waals surface area contributed by atoms with Crippen molar-refractivity contribution in [2.45, 2.75) is 38.8 Å². The Balaban J connectivity index is 1.38. The molecule has 1 aliphatic heterocycles. The van der Waals surface area contributed by atoms with E-state index in [-0.39, 0.29) is 25.4 Å². The molecule has 1 atom stereocenters. The summed E-state index contributed by atoms with van der Waals surface area (Å²) in [5.74, 6) is -1.75. The first-order valence-corrected chi connectivity index (χ1v) is 14.3. The zero-order valence-electron chi connectivity index (χ0n) is 24.4. The van der Waals surface area contributed by atoms with Crippen molar-refractivity contribution in [3.05, 3.63) is 101 Å². The summed E-state index contributed by atoms with van der Waals surface area (Å²) in [5.41, 5.74) is 1.85. The van der Waals surface area contributed by atoms with Crippen LogP contribution in [0.3, 0.4) is 0 Å². The van der Waals surface area contributed by atoms with Gasteiger partial charge >= 0.3 is 5.97 Å². The molecule has 12 heteroatoms. The van der Waals surface area contributed by atoms with Crippen molar-refractivity contribution in [3.63, 3.8) is 0 Å². The molecule has 2 heterocycles. The lowest BCUT2D eigenvalue weighted by molar-refractivity contribution is -0.143. The van der Waals surface area contributed by atoms with Gasteiger partial charge in [0.05, 0.1) is 29.3 Å². The van der Waals surface area contributed by atoms with Gasteiger partial charge in [-0.25, -0.2) is 9.48 Å². The number of carbonyl (C=O) groups is 4. The molecule has 1 N–H and O–H groups in total. The maximum absolute atomic E-state index is 13.7. The monoisotopic (exact) mass is 614 g/mol. The number of carbonyl (C=O) groups excluding carboxylic acids is 4. The van der Waals surface area contributed by atoms with Gasteiger partial charge in [0.15, 0.2) is 0 Å². The van der Waals surface area contributed by atoms with Crippen LogP contribution in [0, 0.1) is 0 Å². The average Bonchev–Trinajstić information content (AvgIpc) is 3.52. The first-order chi connectivity index (χ1) is 21.0. The van der Waals surface area contributed by atoms with Crippen LogP contribution in [0.2, 0.25) is 5.02 Å². The molecule has 0 bridgehead atoms. The normalized spacial score (nSPS) is 14.4.